The van der Waals surface area contributed by atoms with Gasteiger partial charge in [0.15, 0.2) is 0 Å². The highest BCUT2D eigenvalue weighted by Gasteiger charge is 2.22. The molecule has 0 fully saturated rings. The zero-order valence-corrected chi connectivity index (χ0v) is 15.3. The first-order valence-corrected chi connectivity index (χ1v) is 8.54. The number of hydrogen-bond acceptors (Lipinski definition) is 5. The van der Waals surface area contributed by atoms with Gasteiger partial charge in [0.2, 0.25) is 5.95 Å². The first kappa shape index (κ1) is 17.2. The van der Waals surface area contributed by atoms with E-state index in [0.29, 0.717) is 5.56 Å². The van der Waals surface area contributed by atoms with E-state index in [4.69, 9.17) is 0 Å². The Morgan fingerprint density at radius 1 is 1.20 bits per heavy atom. The predicted octanol–water partition coefficient (Wildman–Crippen LogP) is 1.90. The Balaban J connectivity index is 1.68. The van der Waals surface area contributed by atoms with Crippen molar-refractivity contribution in [3.05, 3.63) is 47.3 Å². The molecule has 0 aliphatic heterocycles. The summed E-state index contributed by atoms with van der Waals surface area (Å²) in [6, 6.07) is 7.80. The molecule has 3 rings (SSSR count). The summed E-state index contributed by atoms with van der Waals surface area (Å²) in [4.78, 5) is 25.5. The predicted molar refractivity (Wildman–Crippen MR) is 100 cm³/mol. The van der Waals surface area contributed by atoms with Gasteiger partial charge in [0.25, 0.3) is 5.91 Å². The second-order valence-electron chi connectivity index (χ2n) is 6.89. The number of carbonyl (C=O) groups is 1. The number of amides is 1. The Morgan fingerprint density at radius 3 is 2.72 bits per heavy atom. The first-order chi connectivity index (χ1) is 11.9. The van der Waals surface area contributed by atoms with Gasteiger partial charge < -0.3 is 15.1 Å². The minimum Gasteiger partial charge on any atom is -0.378 e. The molecular formula is C19H25N5O. The quantitative estimate of drug-likeness (QED) is 0.922. The van der Waals surface area contributed by atoms with Gasteiger partial charge in [-0.1, -0.05) is 6.07 Å². The van der Waals surface area contributed by atoms with Crippen molar-refractivity contribution in [2.75, 3.05) is 38.0 Å². The first-order valence-electron chi connectivity index (χ1n) is 8.54. The number of aryl methyl sites for hydroxylation is 1. The molecule has 1 unspecified atom stereocenters. The maximum absolute atomic E-state index is 12.6. The molecule has 0 bridgehead atoms. The molecule has 6 heteroatoms. The summed E-state index contributed by atoms with van der Waals surface area (Å²) in [5.41, 5.74) is 3.94. The zero-order chi connectivity index (χ0) is 18.0. The van der Waals surface area contributed by atoms with Crippen molar-refractivity contribution in [3.8, 4) is 0 Å². The normalized spacial score (nSPS) is 16.1. The molecule has 0 spiro atoms. The van der Waals surface area contributed by atoms with E-state index in [0.717, 1.165) is 42.2 Å². The highest BCUT2D eigenvalue weighted by Crippen LogP contribution is 2.21. The highest BCUT2D eigenvalue weighted by molar-refractivity contribution is 5.95. The lowest BCUT2D eigenvalue weighted by Crippen LogP contribution is -2.39. The van der Waals surface area contributed by atoms with Crippen LogP contribution < -0.4 is 15.1 Å². The van der Waals surface area contributed by atoms with Gasteiger partial charge in [-0.2, -0.15) is 0 Å². The van der Waals surface area contributed by atoms with E-state index in [1.807, 2.05) is 68.5 Å². The average Bonchev–Trinajstić information content (AvgIpc) is 2.61. The molecule has 1 aliphatic rings. The van der Waals surface area contributed by atoms with Crippen molar-refractivity contribution in [1.82, 2.24) is 15.3 Å². The fourth-order valence-electron chi connectivity index (χ4n) is 3.03. The van der Waals surface area contributed by atoms with E-state index in [-0.39, 0.29) is 11.9 Å². The number of rotatable bonds is 4. The van der Waals surface area contributed by atoms with Gasteiger partial charge in [-0.05, 0) is 43.0 Å². The molecule has 1 atom stereocenters. The average molecular weight is 339 g/mol. The van der Waals surface area contributed by atoms with Crippen LogP contribution in [0.1, 0.15) is 28.0 Å². The monoisotopic (exact) mass is 339 g/mol. The number of nitrogens with zero attached hydrogens (tertiary/aromatic N) is 4. The van der Waals surface area contributed by atoms with E-state index in [2.05, 4.69) is 15.3 Å². The number of aromatic nitrogens is 2. The Labute approximate surface area is 148 Å². The van der Waals surface area contributed by atoms with Crippen molar-refractivity contribution in [3.63, 3.8) is 0 Å². The number of benzene rings is 1. The van der Waals surface area contributed by atoms with E-state index in [1.165, 1.54) is 0 Å². The number of fused-ring (bicyclic) bond motifs is 1. The molecule has 0 radical (unpaired) electrons. The van der Waals surface area contributed by atoms with Gasteiger partial charge >= 0.3 is 0 Å². The van der Waals surface area contributed by atoms with Crippen LogP contribution in [-0.4, -0.2) is 50.1 Å². The Kier molecular flexibility index (Phi) is 4.88. The Hall–Kier alpha value is -2.63. The summed E-state index contributed by atoms with van der Waals surface area (Å²) >= 11 is 0. The molecule has 1 aromatic carbocycles. The second kappa shape index (κ2) is 7.09. The molecule has 1 aromatic heterocycles. The van der Waals surface area contributed by atoms with Gasteiger partial charge in [-0.25, -0.2) is 9.97 Å². The summed E-state index contributed by atoms with van der Waals surface area (Å²) < 4.78 is 0. The number of nitrogens with one attached hydrogen (secondary N) is 1. The van der Waals surface area contributed by atoms with Gasteiger partial charge in [-0.3, -0.25) is 4.79 Å². The minimum atomic E-state index is -0.0250. The molecule has 132 valence electrons. The van der Waals surface area contributed by atoms with Gasteiger partial charge in [0.05, 0.1) is 0 Å². The van der Waals surface area contributed by atoms with Crippen molar-refractivity contribution in [1.29, 1.82) is 0 Å². The maximum Gasteiger partial charge on any atom is 0.251 e. The third-order valence-electron chi connectivity index (χ3n) is 4.50. The van der Waals surface area contributed by atoms with Crippen LogP contribution in [0.5, 0.6) is 0 Å². The largest absolute Gasteiger partial charge is 0.378 e. The smallest absolute Gasteiger partial charge is 0.251 e. The molecule has 25 heavy (non-hydrogen) atoms. The number of hydrogen-bond donors (Lipinski definition) is 1. The lowest BCUT2D eigenvalue weighted by Gasteiger charge is -2.25. The number of carbonyl (C=O) groups excluding carboxylic acids is 1. The number of anilines is 2. The van der Waals surface area contributed by atoms with E-state index in [9.17, 15) is 4.79 Å². The van der Waals surface area contributed by atoms with Gasteiger partial charge in [0, 0.05) is 57.4 Å². The molecule has 6 nitrogen and oxygen atoms in total. The molecule has 1 aliphatic carbocycles. The SMILES string of the molecule is CN(C)c1cccc(C(=O)NC2CCc3nc(N(C)C)ncc3C2)c1. The summed E-state index contributed by atoms with van der Waals surface area (Å²) in [5, 5.41) is 3.16. The molecule has 0 saturated heterocycles. The van der Waals surface area contributed by atoms with E-state index >= 15 is 0 Å². The third kappa shape index (κ3) is 3.90. The zero-order valence-electron chi connectivity index (χ0n) is 15.3. The van der Waals surface area contributed by atoms with Crippen LogP contribution in [0.15, 0.2) is 30.5 Å². The third-order valence-corrected chi connectivity index (χ3v) is 4.50. The van der Waals surface area contributed by atoms with Crippen molar-refractivity contribution in [2.24, 2.45) is 0 Å². The second-order valence-corrected chi connectivity index (χ2v) is 6.89. The summed E-state index contributed by atoms with van der Waals surface area (Å²) in [7, 11) is 7.82. The summed E-state index contributed by atoms with van der Waals surface area (Å²) in [6.45, 7) is 0. The summed E-state index contributed by atoms with van der Waals surface area (Å²) in [5.74, 6) is 0.713. The Bertz CT molecular complexity index is 772. The minimum absolute atomic E-state index is 0.0250. The molecular weight excluding hydrogens is 314 g/mol. The van der Waals surface area contributed by atoms with Crippen LogP contribution in [0.3, 0.4) is 0 Å². The Morgan fingerprint density at radius 2 is 2.00 bits per heavy atom. The molecule has 1 N–H and O–H groups in total. The highest BCUT2D eigenvalue weighted by atomic mass is 16.1. The molecule has 1 heterocycles. The molecule has 1 amide bonds. The lowest BCUT2D eigenvalue weighted by atomic mass is 9.92. The fourth-order valence-corrected chi connectivity index (χ4v) is 3.03. The maximum atomic E-state index is 12.6. The van der Waals surface area contributed by atoms with Crippen LogP contribution >= 0.6 is 0 Å². The van der Waals surface area contributed by atoms with Crippen LogP contribution in [0.25, 0.3) is 0 Å². The van der Waals surface area contributed by atoms with Crippen LogP contribution in [0.2, 0.25) is 0 Å². The molecule has 0 saturated carbocycles. The van der Waals surface area contributed by atoms with Crippen molar-refractivity contribution in [2.45, 2.75) is 25.3 Å². The van der Waals surface area contributed by atoms with Gasteiger partial charge in [0.1, 0.15) is 0 Å². The molecule has 2 aromatic rings. The van der Waals surface area contributed by atoms with Crippen molar-refractivity contribution >= 4 is 17.5 Å². The topological polar surface area (TPSA) is 61.4 Å². The van der Waals surface area contributed by atoms with Gasteiger partial charge in [-0.15, -0.1) is 0 Å². The van der Waals surface area contributed by atoms with Crippen LogP contribution in [0, 0.1) is 0 Å². The summed E-state index contributed by atoms with van der Waals surface area (Å²) in [6.07, 6.45) is 4.43. The lowest BCUT2D eigenvalue weighted by molar-refractivity contribution is 0.0933. The fraction of sp³-hybridized carbons (Fsp3) is 0.421. The van der Waals surface area contributed by atoms with Crippen LogP contribution in [0.4, 0.5) is 11.6 Å². The van der Waals surface area contributed by atoms with E-state index in [1.54, 1.807) is 0 Å². The standard InChI is InChI=1S/C19H25N5O/c1-23(2)16-7-5-6-13(11-16)18(25)21-15-8-9-17-14(10-15)12-20-19(22-17)24(3)4/h5-7,11-12,15H,8-10H2,1-4H3,(H,21,25). The van der Waals surface area contributed by atoms with Crippen LogP contribution in [-0.2, 0) is 12.8 Å². The van der Waals surface area contributed by atoms with E-state index < -0.39 is 0 Å². The van der Waals surface area contributed by atoms with Crippen molar-refractivity contribution < 1.29 is 4.79 Å².